The number of pyridine rings is 1. The SMILES string of the molecule is COc1ccc(C(O)c2cccnc2N)nn1. The minimum absolute atomic E-state index is 0.276. The predicted molar refractivity (Wildman–Crippen MR) is 61.3 cm³/mol. The maximum Gasteiger partial charge on any atom is 0.233 e. The number of methoxy groups -OCH3 is 1. The van der Waals surface area contributed by atoms with Crippen molar-refractivity contribution in [1.29, 1.82) is 0 Å². The lowest BCUT2D eigenvalue weighted by atomic mass is 10.1. The van der Waals surface area contributed by atoms with E-state index in [-0.39, 0.29) is 5.82 Å². The van der Waals surface area contributed by atoms with Gasteiger partial charge in [0.2, 0.25) is 5.88 Å². The molecule has 0 aliphatic rings. The fourth-order valence-corrected chi connectivity index (χ4v) is 1.41. The topological polar surface area (TPSA) is 94.2 Å². The first-order chi connectivity index (χ1) is 8.22. The third kappa shape index (κ3) is 2.31. The number of anilines is 1. The van der Waals surface area contributed by atoms with Gasteiger partial charge in [0, 0.05) is 17.8 Å². The molecule has 0 saturated heterocycles. The van der Waals surface area contributed by atoms with Gasteiger partial charge in [-0.15, -0.1) is 10.2 Å². The van der Waals surface area contributed by atoms with Crippen LogP contribution >= 0.6 is 0 Å². The number of nitrogens with zero attached hydrogens (tertiary/aromatic N) is 3. The summed E-state index contributed by atoms with van der Waals surface area (Å²) in [5, 5.41) is 17.7. The number of ether oxygens (including phenoxy) is 1. The van der Waals surface area contributed by atoms with Crippen molar-refractivity contribution < 1.29 is 9.84 Å². The fourth-order valence-electron chi connectivity index (χ4n) is 1.41. The zero-order valence-electron chi connectivity index (χ0n) is 9.24. The first kappa shape index (κ1) is 11.3. The third-order valence-corrected chi connectivity index (χ3v) is 2.32. The van der Waals surface area contributed by atoms with Crippen LogP contribution in [0.2, 0.25) is 0 Å². The molecular weight excluding hydrogens is 220 g/mol. The Morgan fingerprint density at radius 2 is 2.12 bits per heavy atom. The summed E-state index contributed by atoms with van der Waals surface area (Å²) in [6.45, 7) is 0. The van der Waals surface area contributed by atoms with E-state index in [9.17, 15) is 5.11 Å². The minimum Gasteiger partial charge on any atom is -0.480 e. The van der Waals surface area contributed by atoms with E-state index in [0.717, 1.165) is 0 Å². The van der Waals surface area contributed by atoms with Gasteiger partial charge in [-0.2, -0.15) is 0 Å². The zero-order chi connectivity index (χ0) is 12.3. The van der Waals surface area contributed by atoms with Gasteiger partial charge in [-0.1, -0.05) is 6.07 Å². The molecule has 0 fully saturated rings. The van der Waals surface area contributed by atoms with Crippen LogP contribution in [0.3, 0.4) is 0 Å². The molecule has 0 aliphatic carbocycles. The lowest BCUT2D eigenvalue weighted by molar-refractivity contribution is 0.214. The molecular formula is C11H12N4O2. The minimum atomic E-state index is -0.942. The van der Waals surface area contributed by atoms with E-state index in [1.165, 1.54) is 7.11 Å². The Morgan fingerprint density at radius 3 is 2.71 bits per heavy atom. The van der Waals surface area contributed by atoms with E-state index in [1.54, 1.807) is 30.5 Å². The second-order valence-electron chi connectivity index (χ2n) is 3.38. The highest BCUT2D eigenvalue weighted by Crippen LogP contribution is 2.23. The second-order valence-corrected chi connectivity index (χ2v) is 3.38. The Hall–Kier alpha value is -2.21. The highest BCUT2D eigenvalue weighted by atomic mass is 16.5. The highest BCUT2D eigenvalue weighted by molar-refractivity contribution is 5.42. The molecule has 2 heterocycles. The number of nitrogen functional groups attached to an aromatic ring is 1. The van der Waals surface area contributed by atoms with Gasteiger partial charge in [-0.25, -0.2) is 4.98 Å². The van der Waals surface area contributed by atoms with Gasteiger partial charge in [0.25, 0.3) is 0 Å². The number of hydrogen-bond acceptors (Lipinski definition) is 6. The highest BCUT2D eigenvalue weighted by Gasteiger charge is 2.15. The average molecular weight is 232 g/mol. The molecule has 0 aromatic carbocycles. The van der Waals surface area contributed by atoms with Crippen molar-refractivity contribution in [2.24, 2.45) is 0 Å². The number of hydrogen-bond donors (Lipinski definition) is 2. The molecule has 2 aromatic rings. The predicted octanol–water partition coefficient (Wildman–Crippen LogP) is 0.544. The van der Waals surface area contributed by atoms with Crippen LogP contribution in [0.4, 0.5) is 5.82 Å². The lowest BCUT2D eigenvalue weighted by Crippen LogP contribution is -2.07. The molecule has 1 unspecified atom stereocenters. The summed E-state index contributed by atoms with van der Waals surface area (Å²) in [6, 6.07) is 6.64. The molecule has 0 saturated carbocycles. The molecule has 88 valence electrons. The van der Waals surface area contributed by atoms with Crippen molar-refractivity contribution in [3.8, 4) is 5.88 Å². The monoisotopic (exact) mass is 232 g/mol. The smallest absolute Gasteiger partial charge is 0.233 e. The Bertz CT molecular complexity index is 501. The van der Waals surface area contributed by atoms with Crippen LogP contribution in [0.1, 0.15) is 17.4 Å². The third-order valence-electron chi connectivity index (χ3n) is 2.32. The van der Waals surface area contributed by atoms with Gasteiger partial charge in [-0.3, -0.25) is 0 Å². The number of aliphatic hydroxyl groups excluding tert-OH is 1. The molecule has 2 aromatic heterocycles. The summed E-state index contributed by atoms with van der Waals surface area (Å²) >= 11 is 0. The van der Waals surface area contributed by atoms with Crippen molar-refractivity contribution in [1.82, 2.24) is 15.2 Å². The molecule has 3 N–H and O–H groups in total. The van der Waals surface area contributed by atoms with E-state index in [4.69, 9.17) is 10.5 Å². The molecule has 0 bridgehead atoms. The number of nitrogens with two attached hydrogens (primary N) is 1. The standard InChI is InChI=1S/C11H12N4O2/c1-17-9-5-4-8(14-15-9)10(16)7-3-2-6-13-11(7)12/h2-6,10,16H,1H3,(H2,12,13). The molecule has 0 radical (unpaired) electrons. The average Bonchev–Trinajstić information content (AvgIpc) is 2.39. The van der Waals surface area contributed by atoms with Crippen molar-refractivity contribution in [2.75, 3.05) is 12.8 Å². The molecule has 6 heteroatoms. The Kier molecular flexibility index (Phi) is 3.15. The van der Waals surface area contributed by atoms with Crippen molar-refractivity contribution in [2.45, 2.75) is 6.10 Å². The summed E-state index contributed by atoms with van der Waals surface area (Å²) in [5.74, 6) is 0.665. The maximum absolute atomic E-state index is 10.1. The van der Waals surface area contributed by atoms with Gasteiger partial charge >= 0.3 is 0 Å². The first-order valence-electron chi connectivity index (χ1n) is 4.98. The van der Waals surface area contributed by atoms with Gasteiger partial charge in [0.15, 0.2) is 0 Å². The van der Waals surface area contributed by atoms with Crippen LogP contribution in [0.15, 0.2) is 30.5 Å². The van der Waals surface area contributed by atoms with Crippen LogP contribution in [-0.2, 0) is 0 Å². The quantitative estimate of drug-likeness (QED) is 0.802. The van der Waals surface area contributed by atoms with Gasteiger partial charge in [0.1, 0.15) is 11.9 Å². The summed E-state index contributed by atoms with van der Waals surface area (Å²) < 4.78 is 4.89. The normalized spacial score (nSPS) is 12.1. The molecule has 0 aliphatic heterocycles. The van der Waals surface area contributed by atoms with Gasteiger partial charge < -0.3 is 15.6 Å². The van der Waals surface area contributed by atoms with Crippen LogP contribution in [0, 0.1) is 0 Å². The van der Waals surface area contributed by atoms with E-state index >= 15 is 0 Å². The van der Waals surface area contributed by atoms with Crippen LogP contribution in [-0.4, -0.2) is 27.4 Å². The Labute approximate surface area is 98.1 Å². The van der Waals surface area contributed by atoms with Crippen LogP contribution < -0.4 is 10.5 Å². The van der Waals surface area contributed by atoms with Gasteiger partial charge in [-0.05, 0) is 12.1 Å². The van der Waals surface area contributed by atoms with Crippen molar-refractivity contribution >= 4 is 5.82 Å². The second kappa shape index (κ2) is 4.75. The molecule has 2 rings (SSSR count). The van der Waals surface area contributed by atoms with Crippen molar-refractivity contribution in [3.05, 3.63) is 41.7 Å². The Morgan fingerprint density at radius 1 is 1.29 bits per heavy atom. The number of rotatable bonds is 3. The van der Waals surface area contributed by atoms with E-state index in [0.29, 0.717) is 17.1 Å². The van der Waals surface area contributed by atoms with Crippen molar-refractivity contribution in [3.63, 3.8) is 0 Å². The molecule has 0 spiro atoms. The van der Waals surface area contributed by atoms with Gasteiger partial charge in [0.05, 0.1) is 12.8 Å². The fraction of sp³-hybridized carbons (Fsp3) is 0.182. The summed E-state index contributed by atoms with van der Waals surface area (Å²) in [6.07, 6.45) is 0.618. The molecule has 1 atom stereocenters. The molecule has 6 nitrogen and oxygen atoms in total. The Balaban J connectivity index is 2.30. The van der Waals surface area contributed by atoms with E-state index in [1.807, 2.05) is 0 Å². The van der Waals surface area contributed by atoms with E-state index in [2.05, 4.69) is 15.2 Å². The summed E-state index contributed by atoms with van der Waals surface area (Å²) in [5.41, 5.74) is 6.57. The lowest BCUT2D eigenvalue weighted by Gasteiger charge is -2.11. The summed E-state index contributed by atoms with van der Waals surface area (Å²) in [4.78, 5) is 3.90. The molecule has 17 heavy (non-hydrogen) atoms. The number of aromatic nitrogens is 3. The zero-order valence-corrected chi connectivity index (χ0v) is 9.24. The molecule has 0 amide bonds. The maximum atomic E-state index is 10.1. The van der Waals surface area contributed by atoms with Crippen LogP contribution in [0.25, 0.3) is 0 Å². The van der Waals surface area contributed by atoms with Crippen LogP contribution in [0.5, 0.6) is 5.88 Å². The number of aliphatic hydroxyl groups is 1. The largest absolute Gasteiger partial charge is 0.480 e. The van der Waals surface area contributed by atoms with E-state index < -0.39 is 6.10 Å². The summed E-state index contributed by atoms with van der Waals surface area (Å²) in [7, 11) is 1.50. The first-order valence-corrected chi connectivity index (χ1v) is 4.98.